The van der Waals surface area contributed by atoms with Gasteiger partial charge in [-0.1, -0.05) is 12.1 Å². The zero-order chi connectivity index (χ0) is 15.8. The summed E-state index contributed by atoms with van der Waals surface area (Å²) in [6.45, 7) is -0.501. The van der Waals surface area contributed by atoms with Crippen molar-refractivity contribution in [3.05, 3.63) is 29.8 Å². The van der Waals surface area contributed by atoms with Crippen LogP contribution >= 0.6 is 0 Å². The highest BCUT2D eigenvalue weighted by molar-refractivity contribution is 5.27. The van der Waals surface area contributed by atoms with Gasteiger partial charge in [-0.15, -0.1) is 0 Å². The third kappa shape index (κ3) is 2.79. The third-order valence-electron chi connectivity index (χ3n) is 4.45. The fraction of sp³-hybridized carbons (Fsp3) is 0.562. The molecule has 2 heterocycles. The Morgan fingerprint density at radius 3 is 2.68 bits per heavy atom. The van der Waals surface area contributed by atoms with Crippen LogP contribution in [-0.2, 0) is 16.1 Å². The molecule has 0 aromatic heterocycles. The molecule has 3 rings (SSSR count). The van der Waals surface area contributed by atoms with Crippen LogP contribution in [0.5, 0.6) is 5.75 Å². The molecule has 0 unspecified atom stereocenters. The van der Waals surface area contributed by atoms with Gasteiger partial charge >= 0.3 is 6.61 Å². The molecular weight excluding hydrogens is 292 g/mol. The van der Waals surface area contributed by atoms with Crippen LogP contribution in [0.15, 0.2) is 24.3 Å². The van der Waals surface area contributed by atoms with Crippen molar-refractivity contribution >= 4 is 0 Å². The number of rotatable bonds is 5. The normalized spacial score (nSPS) is 33.1. The van der Waals surface area contributed by atoms with Gasteiger partial charge in [0, 0.05) is 6.42 Å². The van der Waals surface area contributed by atoms with E-state index >= 15 is 0 Å². The molecule has 0 saturated carbocycles. The van der Waals surface area contributed by atoms with Gasteiger partial charge in [0.25, 0.3) is 0 Å². The number of ether oxygens (including phenoxy) is 3. The number of hydrogen-bond acceptors (Lipinski definition) is 4. The molecule has 6 heteroatoms. The maximum Gasteiger partial charge on any atom is 0.387 e. The SMILES string of the molecule is C[C@@]12CC[C@@](C#N)(C[C@@H]1OCc1ccc(OC(F)F)cc1)O2. The van der Waals surface area contributed by atoms with Crippen molar-refractivity contribution in [2.24, 2.45) is 0 Å². The molecule has 0 N–H and O–H groups in total. The topological polar surface area (TPSA) is 51.5 Å². The molecule has 0 radical (unpaired) electrons. The Morgan fingerprint density at radius 2 is 2.09 bits per heavy atom. The zero-order valence-corrected chi connectivity index (χ0v) is 12.2. The number of benzene rings is 1. The molecule has 0 spiro atoms. The minimum absolute atomic E-state index is 0.123. The average Bonchev–Trinajstić information content (AvgIpc) is 2.97. The molecule has 1 aromatic rings. The predicted octanol–water partition coefficient (Wildman–Crippen LogP) is 3.41. The lowest BCUT2D eigenvalue weighted by Crippen LogP contribution is -2.37. The van der Waals surface area contributed by atoms with Crippen LogP contribution in [0.2, 0.25) is 0 Å². The highest BCUT2D eigenvalue weighted by atomic mass is 19.3. The van der Waals surface area contributed by atoms with E-state index in [0.717, 1.165) is 18.4 Å². The van der Waals surface area contributed by atoms with Crippen molar-refractivity contribution in [3.63, 3.8) is 0 Å². The lowest BCUT2D eigenvalue weighted by molar-refractivity contribution is -0.0772. The molecule has 2 bridgehead atoms. The molecule has 2 aliphatic heterocycles. The maximum atomic E-state index is 12.1. The van der Waals surface area contributed by atoms with Crippen LogP contribution in [-0.4, -0.2) is 23.9 Å². The van der Waals surface area contributed by atoms with Crippen LogP contribution in [0.25, 0.3) is 0 Å². The minimum atomic E-state index is -2.82. The number of nitrogens with zero attached hydrogens (tertiary/aromatic N) is 1. The van der Waals surface area contributed by atoms with Crippen molar-refractivity contribution in [1.82, 2.24) is 0 Å². The molecule has 0 aliphatic carbocycles. The minimum Gasteiger partial charge on any atom is -0.435 e. The molecule has 2 fully saturated rings. The van der Waals surface area contributed by atoms with E-state index in [4.69, 9.17) is 9.47 Å². The second kappa shape index (κ2) is 5.49. The number of fused-ring (bicyclic) bond motifs is 2. The first-order chi connectivity index (χ1) is 10.4. The molecular formula is C16H17F2NO3. The van der Waals surface area contributed by atoms with Gasteiger partial charge in [-0.3, -0.25) is 0 Å². The monoisotopic (exact) mass is 309 g/mol. The second-order valence-corrected chi connectivity index (χ2v) is 6.05. The van der Waals surface area contributed by atoms with Crippen LogP contribution in [0.3, 0.4) is 0 Å². The summed E-state index contributed by atoms with van der Waals surface area (Å²) in [6, 6.07) is 8.61. The van der Waals surface area contributed by atoms with Gasteiger partial charge < -0.3 is 14.2 Å². The van der Waals surface area contributed by atoms with Crippen molar-refractivity contribution in [2.45, 2.75) is 56.7 Å². The molecule has 1 aromatic carbocycles. The van der Waals surface area contributed by atoms with Gasteiger partial charge in [0.2, 0.25) is 0 Å². The summed E-state index contributed by atoms with van der Waals surface area (Å²) in [5, 5.41) is 9.26. The maximum absolute atomic E-state index is 12.1. The van der Waals surface area contributed by atoms with Crippen LogP contribution in [0.4, 0.5) is 8.78 Å². The Morgan fingerprint density at radius 1 is 1.36 bits per heavy atom. The van der Waals surface area contributed by atoms with E-state index in [1.165, 1.54) is 12.1 Å². The van der Waals surface area contributed by atoms with Crippen LogP contribution in [0.1, 0.15) is 31.7 Å². The highest BCUT2D eigenvalue weighted by Crippen LogP contribution is 2.51. The van der Waals surface area contributed by atoms with Gasteiger partial charge in [-0.05, 0) is 37.5 Å². The van der Waals surface area contributed by atoms with Gasteiger partial charge in [0.05, 0.1) is 24.4 Å². The summed E-state index contributed by atoms with van der Waals surface area (Å²) in [5.41, 5.74) is -0.248. The quantitative estimate of drug-likeness (QED) is 0.836. The summed E-state index contributed by atoms with van der Waals surface area (Å²) in [6.07, 6.45) is 2.01. The van der Waals surface area contributed by atoms with E-state index in [9.17, 15) is 14.0 Å². The van der Waals surface area contributed by atoms with Gasteiger partial charge in [-0.2, -0.15) is 14.0 Å². The Labute approximate surface area is 127 Å². The first kappa shape index (κ1) is 15.2. The molecule has 2 aliphatic rings. The summed E-state index contributed by atoms with van der Waals surface area (Å²) in [4.78, 5) is 0. The first-order valence-corrected chi connectivity index (χ1v) is 7.21. The first-order valence-electron chi connectivity index (χ1n) is 7.21. The van der Waals surface area contributed by atoms with Gasteiger partial charge in [0.15, 0.2) is 5.60 Å². The third-order valence-corrected chi connectivity index (χ3v) is 4.45. The molecule has 4 nitrogen and oxygen atoms in total. The summed E-state index contributed by atoms with van der Waals surface area (Å²) < 4.78 is 40.2. The van der Waals surface area contributed by atoms with Gasteiger partial charge in [0.1, 0.15) is 5.75 Å². The summed E-state index contributed by atoms with van der Waals surface area (Å²) in [7, 11) is 0. The average molecular weight is 309 g/mol. The van der Waals surface area contributed by atoms with Crippen molar-refractivity contribution in [1.29, 1.82) is 5.26 Å². The molecule has 3 atom stereocenters. The number of alkyl halides is 2. The number of nitriles is 1. The molecule has 0 amide bonds. The molecule has 118 valence electrons. The lowest BCUT2D eigenvalue weighted by Gasteiger charge is -2.28. The standard InChI is InChI=1S/C16H17F2NO3/c1-15-6-7-16(10-19,22-15)8-13(15)20-9-11-2-4-12(5-3-11)21-14(17)18/h2-5,13-14H,6-9H2,1H3/t13-,15+,16-/m0/s1. The van der Waals surface area contributed by atoms with Crippen LogP contribution < -0.4 is 4.74 Å². The summed E-state index contributed by atoms with van der Waals surface area (Å²) >= 11 is 0. The van der Waals surface area contributed by atoms with Crippen molar-refractivity contribution in [2.75, 3.05) is 0 Å². The highest BCUT2D eigenvalue weighted by Gasteiger charge is 2.60. The van der Waals surface area contributed by atoms with E-state index in [1.54, 1.807) is 12.1 Å². The van der Waals surface area contributed by atoms with Gasteiger partial charge in [-0.25, -0.2) is 0 Å². The fourth-order valence-electron chi connectivity index (χ4n) is 3.21. The Hall–Kier alpha value is -1.71. The Balaban J connectivity index is 1.58. The zero-order valence-electron chi connectivity index (χ0n) is 12.2. The van der Waals surface area contributed by atoms with Crippen LogP contribution in [0, 0.1) is 11.3 Å². The number of hydrogen-bond donors (Lipinski definition) is 0. The Kier molecular flexibility index (Phi) is 3.79. The second-order valence-electron chi connectivity index (χ2n) is 6.05. The lowest BCUT2D eigenvalue weighted by atomic mass is 9.81. The summed E-state index contributed by atoms with van der Waals surface area (Å²) in [5.74, 6) is 0.123. The van der Waals surface area contributed by atoms with E-state index in [2.05, 4.69) is 10.8 Å². The molecule has 22 heavy (non-hydrogen) atoms. The van der Waals surface area contributed by atoms with E-state index in [1.807, 2.05) is 6.92 Å². The fourth-order valence-corrected chi connectivity index (χ4v) is 3.21. The molecule has 2 saturated heterocycles. The van der Waals surface area contributed by atoms with E-state index < -0.39 is 17.8 Å². The Bertz CT molecular complexity index is 586. The van der Waals surface area contributed by atoms with Crippen molar-refractivity contribution < 1.29 is 23.0 Å². The number of halogens is 2. The smallest absolute Gasteiger partial charge is 0.387 e. The largest absolute Gasteiger partial charge is 0.435 e. The predicted molar refractivity (Wildman–Crippen MR) is 73.3 cm³/mol. The van der Waals surface area contributed by atoms with Crippen molar-refractivity contribution in [3.8, 4) is 11.8 Å². The van der Waals surface area contributed by atoms with E-state index in [-0.39, 0.29) is 11.9 Å². The van der Waals surface area contributed by atoms with E-state index in [0.29, 0.717) is 13.0 Å².